The highest BCUT2D eigenvalue weighted by Gasteiger charge is 1.99. The summed E-state index contributed by atoms with van der Waals surface area (Å²) in [6, 6.07) is 0. The second-order valence-electron chi connectivity index (χ2n) is 2.15. The first-order chi connectivity index (χ1) is 4.85. The summed E-state index contributed by atoms with van der Waals surface area (Å²) >= 11 is 3.33. The molecule has 0 spiro atoms. The molecule has 0 saturated heterocycles. The summed E-state index contributed by atoms with van der Waals surface area (Å²) in [6.45, 7) is 6.65. The van der Waals surface area contributed by atoms with Gasteiger partial charge in [0.15, 0.2) is 0 Å². The van der Waals surface area contributed by atoms with E-state index in [-0.39, 0.29) is 6.10 Å². The molecule has 0 N–H and O–H groups in total. The molecule has 1 atom stereocenters. The Hall–Kier alpha value is 0.180. The van der Waals surface area contributed by atoms with Crippen molar-refractivity contribution in [2.75, 3.05) is 11.9 Å². The molecule has 0 aliphatic heterocycles. The fourth-order valence-electron chi connectivity index (χ4n) is 0.555. The van der Waals surface area contributed by atoms with E-state index in [9.17, 15) is 0 Å². The van der Waals surface area contributed by atoms with Gasteiger partial charge in [-0.15, -0.1) is 6.58 Å². The van der Waals surface area contributed by atoms with Crippen LogP contribution in [0.1, 0.15) is 19.8 Å². The predicted molar refractivity (Wildman–Crippen MR) is 48.6 cm³/mol. The van der Waals surface area contributed by atoms with Crippen LogP contribution in [-0.4, -0.2) is 18.0 Å². The van der Waals surface area contributed by atoms with Crippen LogP contribution in [0, 0.1) is 0 Å². The van der Waals surface area contributed by atoms with Gasteiger partial charge < -0.3 is 4.74 Å². The van der Waals surface area contributed by atoms with Crippen molar-refractivity contribution in [1.29, 1.82) is 0 Å². The number of alkyl halides is 1. The fourth-order valence-corrected chi connectivity index (χ4v) is 1.01. The van der Waals surface area contributed by atoms with Gasteiger partial charge in [0.2, 0.25) is 0 Å². The Bertz CT molecular complexity index is 83.3. The van der Waals surface area contributed by atoms with Gasteiger partial charge in [0.25, 0.3) is 0 Å². The molecule has 0 aromatic carbocycles. The molecule has 10 heavy (non-hydrogen) atoms. The summed E-state index contributed by atoms with van der Waals surface area (Å²) in [7, 11) is 0. The van der Waals surface area contributed by atoms with E-state index in [4.69, 9.17) is 4.74 Å². The van der Waals surface area contributed by atoms with Crippen molar-refractivity contribution in [3.05, 3.63) is 12.7 Å². The maximum Gasteiger partial charge on any atom is 0.0849 e. The number of ether oxygens (including phenoxy) is 1. The highest BCUT2D eigenvalue weighted by atomic mass is 79.9. The summed E-state index contributed by atoms with van der Waals surface area (Å²) < 4.78 is 5.42. The SMILES string of the molecule is C=CC(CBr)OCCCC. The maximum atomic E-state index is 5.42. The van der Waals surface area contributed by atoms with Crippen molar-refractivity contribution in [1.82, 2.24) is 0 Å². The van der Waals surface area contributed by atoms with E-state index in [0.717, 1.165) is 18.4 Å². The molecule has 0 heterocycles. The number of halogens is 1. The van der Waals surface area contributed by atoms with Crippen LogP contribution in [0.4, 0.5) is 0 Å². The lowest BCUT2D eigenvalue weighted by Gasteiger charge is -2.09. The lowest BCUT2D eigenvalue weighted by molar-refractivity contribution is 0.0989. The monoisotopic (exact) mass is 206 g/mol. The lowest BCUT2D eigenvalue weighted by Crippen LogP contribution is -2.11. The van der Waals surface area contributed by atoms with Crippen LogP contribution >= 0.6 is 15.9 Å². The molecule has 0 radical (unpaired) electrons. The van der Waals surface area contributed by atoms with Crippen molar-refractivity contribution in [3.8, 4) is 0 Å². The van der Waals surface area contributed by atoms with Crippen LogP contribution in [0.3, 0.4) is 0 Å². The van der Waals surface area contributed by atoms with Gasteiger partial charge in [-0.05, 0) is 6.42 Å². The third-order valence-corrected chi connectivity index (χ3v) is 1.88. The second-order valence-corrected chi connectivity index (χ2v) is 2.80. The summed E-state index contributed by atoms with van der Waals surface area (Å²) in [5.74, 6) is 0. The van der Waals surface area contributed by atoms with E-state index in [1.165, 1.54) is 6.42 Å². The van der Waals surface area contributed by atoms with Gasteiger partial charge in [0.1, 0.15) is 0 Å². The van der Waals surface area contributed by atoms with E-state index in [0.29, 0.717) is 0 Å². The van der Waals surface area contributed by atoms with Crippen molar-refractivity contribution in [3.63, 3.8) is 0 Å². The highest BCUT2D eigenvalue weighted by Crippen LogP contribution is 1.99. The summed E-state index contributed by atoms with van der Waals surface area (Å²) in [5, 5.41) is 0.847. The number of hydrogen-bond donors (Lipinski definition) is 0. The smallest absolute Gasteiger partial charge is 0.0849 e. The molecule has 0 aromatic heterocycles. The molecular weight excluding hydrogens is 192 g/mol. The normalized spacial score (nSPS) is 13.0. The van der Waals surface area contributed by atoms with Crippen LogP contribution < -0.4 is 0 Å². The standard InChI is InChI=1S/C8H15BrO/c1-3-5-6-10-8(4-2)7-9/h4,8H,2-3,5-7H2,1H3. The van der Waals surface area contributed by atoms with Crippen molar-refractivity contribution < 1.29 is 4.74 Å². The molecule has 0 rings (SSSR count). The number of rotatable bonds is 6. The van der Waals surface area contributed by atoms with Gasteiger partial charge in [0, 0.05) is 11.9 Å². The zero-order valence-corrected chi connectivity index (χ0v) is 8.06. The molecule has 1 unspecified atom stereocenters. The van der Waals surface area contributed by atoms with Gasteiger partial charge in [0.05, 0.1) is 6.10 Å². The van der Waals surface area contributed by atoms with Crippen LogP contribution in [0.25, 0.3) is 0 Å². The van der Waals surface area contributed by atoms with Crippen LogP contribution in [0.2, 0.25) is 0 Å². The highest BCUT2D eigenvalue weighted by molar-refractivity contribution is 9.09. The minimum atomic E-state index is 0.187. The Balaban J connectivity index is 3.17. The van der Waals surface area contributed by atoms with E-state index < -0.39 is 0 Å². The molecule has 2 heteroatoms. The van der Waals surface area contributed by atoms with E-state index in [1.54, 1.807) is 0 Å². The average Bonchev–Trinajstić information content (AvgIpc) is 1.99. The minimum Gasteiger partial charge on any atom is -0.373 e. The molecule has 0 aliphatic rings. The van der Waals surface area contributed by atoms with Gasteiger partial charge in [-0.1, -0.05) is 35.4 Å². The van der Waals surface area contributed by atoms with E-state index in [2.05, 4.69) is 29.4 Å². The maximum absolute atomic E-state index is 5.42. The molecule has 0 aliphatic carbocycles. The Labute approximate surface area is 71.6 Å². The third kappa shape index (κ3) is 5.00. The van der Waals surface area contributed by atoms with Crippen molar-refractivity contribution in [2.45, 2.75) is 25.9 Å². The van der Waals surface area contributed by atoms with Gasteiger partial charge in [-0.2, -0.15) is 0 Å². The fraction of sp³-hybridized carbons (Fsp3) is 0.750. The van der Waals surface area contributed by atoms with Crippen LogP contribution in [0.15, 0.2) is 12.7 Å². The molecule has 0 fully saturated rings. The first-order valence-corrected chi connectivity index (χ1v) is 4.77. The molecule has 0 saturated carbocycles. The quantitative estimate of drug-likeness (QED) is 0.369. The number of hydrogen-bond acceptors (Lipinski definition) is 1. The molecule has 0 amide bonds. The molecule has 0 bridgehead atoms. The summed E-state index contributed by atoms with van der Waals surface area (Å²) in [5.41, 5.74) is 0. The topological polar surface area (TPSA) is 9.23 Å². The minimum absolute atomic E-state index is 0.187. The van der Waals surface area contributed by atoms with Crippen LogP contribution in [0.5, 0.6) is 0 Å². The van der Waals surface area contributed by atoms with Gasteiger partial charge in [-0.3, -0.25) is 0 Å². The second kappa shape index (κ2) is 7.29. The van der Waals surface area contributed by atoms with Crippen LogP contribution in [-0.2, 0) is 4.74 Å². The Morgan fingerprint density at radius 3 is 2.80 bits per heavy atom. The van der Waals surface area contributed by atoms with Crippen molar-refractivity contribution in [2.24, 2.45) is 0 Å². The predicted octanol–water partition coefficient (Wildman–Crippen LogP) is 2.75. The number of unbranched alkanes of at least 4 members (excludes halogenated alkanes) is 1. The molecular formula is C8H15BrO. The largest absolute Gasteiger partial charge is 0.373 e. The van der Waals surface area contributed by atoms with E-state index >= 15 is 0 Å². The zero-order chi connectivity index (χ0) is 7.82. The Kier molecular flexibility index (Phi) is 7.42. The Morgan fingerprint density at radius 2 is 2.40 bits per heavy atom. The Morgan fingerprint density at radius 1 is 1.70 bits per heavy atom. The van der Waals surface area contributed by atoms with Gasteiger partial charge >= 0.3 is 0 Å². The van der Waals surface area contributed by atoms with E-state index in [1.807, 2.05) is 6.08 Å². The summed E-state index contributed by atoms with van der Waals surface area (Å²) in [6.07, 6.45) is 4.33. The molecule has 60 valence electrons. The lowest BCUT2D eigenvalue weighted by atomic mass is 10.3. The van der Waals surface area contributed by atoms with Crippen molar-refractivity contribution >= 4 is 15.9 Å². The molecule has 1 nitrogen and oxygen atoms in total. The molecule has 0 aromatic rings. The first-order valence-electron chi connectivity index (χ1n) is 3.65. The third-order valence-electron chi connectivity index (χ3n) is 1.24. The summed E-state index contributed by atoms with van der Waals surface area (Å²) in [4.78, 5) is 0. The average molecular weight is 207 g/mol. The zero-order valence-electron chi connectivity index (χ0n) is 6.48. The first kappa shape index (κ1) is 10.2. The van der Waals surface area contributed by atoms with Gasteiger partial charge in [-0.25, -0.2) is 0 Å².